The monoisotopic (exact) mass is 326 g/mol. The number of halogens is 1. The van der Waals surface area contributed by atoms with Crippen LogP contribution in [0.4, 0.5) is 0 Å². The molecule has 0 amide bonds. The predicted molar refractivity (Wildman–Crippen MR) is 76.7 cm³/mol. The van der Waals surface area contributed by atoms with Crippen LogP contribution in [0.3, 0.4) is 0 Å². The molecule has 1 N–H and O–H groups in total. The maximum absolute atomic E-state index is 5.21. The molecule has 5 heteroatoms. The molecule has 1 aromatic carbocycles. The molecule has 1 aromatic heterocycles. The van der Waals surface area contributed by atoms with Gasteiger partial charge in [-0.15, -0.1) is 0 Å². The summed E-state index contributed by atoms with van der Waals surface area (Å²) in [4.78, 5) is 5.20. The van der Waals surface area contributed by atoms with Gasteiger partial charge in [0.1, 0.15) is 6.26 Å². The molecule has 96 valence electrons. The fraction of sp³-hybridized carbons (Fsp3) is 0.308. The molecule has 2 aromatic rings. The van der Waals surface area contributed by atoms with E-state index in [4.69, 9.17) is 4.42 Å². The fourth-order valence-electron chi connectivity index (χ4n) is 1.41. The van der Waals surface area contributed by atoms with Gasteiger partial charge in [0.15, 0.2) is 0 Å². The van der Waals surface area contributed by atoms with E-state index in [0.29, 0.717) is 11.3 Å². The number of hydrogen-bond acceptors (Lipinski definition) is 4. The molecule has 0 bridgehead atoms. The fourth-order valence-corrected chi connectivity index (χ4v) is 2.81. The van der Waals surface area contributed by atoms with Crippen LogP contribution in [0.25, 0.3) is 0 Å². The molecule has 1 heterocycles. The van der Waals surface area contributed by atoms with E-state index in [1.807, 2.05) is 0 Å². The van der Waals surface area contributed by atoms with Gasteiger partial charge in [0.25, 0.3) is 5.22 Å². The smallest absolute Gasteiger partial charge is 0.260 e. The van der Waals surface area contributed by atoms with Crippen molar-refractivity contribution in [2.75, 3.05) is 0 Å². The Hall–Kier alpha value is -0.780. The van der Waals surface area contributed by atoms with E-state index < -0.39 is 0 Å². The average Bonchev–Trinajstić information content (AvgIpc) is 2.80. The summed E-state index contributed by atoms with van der Waals surface area (Å²) >= 11 is 5.11. The van der Waals surface area contributed by atoms with E-state index in [1.165, 1.54) is 17.3 Å². The third-order valence-corrected chi connectivity index (χ3v) is 3.94. The Morgan fingerprint density at radius 3 is 2.89 bits per heavy atom. The molecule has 18 heavy (non-hydrogen) atoms. The topological polar surface area (TPSA) is 38.1 Å². The van der Waals surface area contributed by atoms with E-state index in [0.717, 1.165) is 15.9 Å². The molecular weight excluding hydrogens is 312 g/mol. The Morgan fingerprint density at radius 2 is 2.28 bits per heavy atom. The predicted octanol–water partition coefficient (Wildman–Crippen LogP) is 4.09. The first-order valence-electron chi connectivity index (χ1n) is 5.74. The molecule has 0 aliphatic heterocycles. The van der Waals surface area contributed by atoms with E-state index >= 15 is 0 Å². The van der Waals surface area contributed by atoms with Crippen LogP contribution in [0.5, 0.6) is 0 Å². The molecule has 0 atom stereocenters. The summed E-state index contributed by atoms with van der Waals surface area (Å²) in [6.45, 7) is 5.14. The van der Waals surface area contributed by atoms with Gasteiger partial charge in [0, 0.05) is 22.0 Å². The zero-order valence-electron chi connectivity index (χ0n) is 10.3. The Labute approximate surface area is 120 Å². The van der Waals surface area contributed by atoms with Gasteiger partial charge in [-0.1, -0.05) is 35.8 Å². The summed E-state index contributed by atoms with van der Waals surface area (Å²) in [5, 5.41) is 4.06. The Balaban J connectivity index is 2.05. The quantitative estimate of drug-likeness (QED) is 0.898. The highest BCUT2D eigenvalue weighted by Gasteiger charge is 2.05. The van der Waals surface area contributed by atoms with Crippen LogP contribution in [-0.2, 0) is 6.54 Å². The SMILES string of the molecule is CC(C)NCc1ccc(Sc2ncco2)cc1Br. The van der Waals surface area contributed by atoms with Crippen LogP contribution >= 0.6 is 27.7 Å². The van der Waals surface area contributed by atoms with Crippen molar-refractivity contribution in [1.29, 1.82) is 0 Å². The summed E-state index contributed by atoms with van der Waals surface area (Å²) in [5.74, 6) is 0. The van der Waals surface area contributed by atoms with Crippen molar-refractivity contribution in [3.63, 3.8) is 0 Å². The summed E-state index contributed by atoms with van der Waals surface area (Å²) < 4.78 is 6.31. The number of nitrogens with zero attached hydrogens (tertiary/aromatic N) is 1. The molecular formula is C13H15BrN2OS. The van der Waals surface area contributed by atoms with Crippen molar-refractivity contribution in [2.24, 2.45) is 0 Å². The Morgan fingerprint density at radius 1 is 1.44 bits per heavy atom. The lowest BCUT2D eigenvalue weighted by atomic mass is 10.2. The third kappa shape index (κ3) is 3.86. The van der Waals surface area contributed by atoms with Crippen LogP contribution < -0.4 is 5.32 Å². The van der Waals surface area contributed by atoms with Gasteiger partial charge in [-0.2, -0.15) is 0 Å². The lowest BCUT2D eigenvalue weighted by molar-refractivity contribution is 0.454. The average molecular weight is 327 g/mol. The largest absolute Gasteiger partial charge is 0.440 e. The molecule has 0 aliphatic rings. The number of hydrogen-bond donors (Lipinski definition) is 1. The third-order valence-electron chi connectivity index (χ3n) is 2.34. The van der Waals surface area contributed by atoms with Crippen LogP contribution in [0, 0.1) is 0 Å². The van der Waals surface area contributed by atoms with Gasteiger partial charge in [-0.25, -0.2) is 4.98 Å². The standard InChI is InChI=1S/C13H15BrN2OS/c1-9(2)16-8-10-3-4-11(7-12(10)14)18-13-15-5-6-17-13/h3-7,9,16H,8H2,1-2H3. The summed E-state index contributed by atoms with van der Waals surface area (Å²) in [7, 11) is 0. The van der Waals surface area contributed by atoms with Crippen LogP contribution in [0.2, 0.25) is 0 Å². The lowest BCUT2D eigenvalue weighted by Crippen LogP contribution is -2.21. The summed E-state index contributed by atoms with van der Waals surface area (Å²) in [5.41, 5.74) is 1.25. The lowest BCUT2D eigenvalue weighted by Gasteiger charge is -2.10. The normalized spacial score (nSPS) is 11.1. The van der Waals surface area contributed by atoms with E-state index in [1.54, 1.807) is 12.5 Å². The second-order valence-electron chi connectivity index (χ2n) is 4.19. The number of oxazole rings is 1. The van der Waals surface area contributed by atoms with Crippen molar-refractivity contribution in [3.05, 3.63) is 40.7 Å². The van der Waals surface area contributed by atoms with E-state index in [2.05, 4.69) is 58.3 Å². The van der Waals surface area contributed by atoms with E-state index in [9.17, 15) is 0 Å². The first-order valence-corrected chi connectivity index (χ1v) is 7.35. The Bertz CT molecular complexity index is 500. The van der Waals surface area contributed by atoms with Crippen molar-refractivity contribution in [1.82, 2.24) is 10.3 Å². The minimum Gasteiger partial charge on any atom is -0.440 e. The van der Waals surface area contributed by atoms with Gasteiger partial charge >= 0.3 is 0 Å². The zero-order chi connectivity index (χ0) is 13.0. The second kappa shape index (κ2) is 6.41. The van der Waals surface area contributed by atoms with Crippen molar-refractivity contribution < 1.29 is 4.42 Å². The molecule has 0 saturated carbocycles. The minimum atomic E-state index is 0.485. The van der Waals surface area contributed by atoms with Gasteiger partial charge < -0.3 is 9.73 Å². The van der Waals surface area contributed by atoms with Gasteiger partial charge in [-0.05, 0) is 29.5 Å². The van der Waals surface area contributed by atoms with Gasteiger partial charge in [0.2, 0.25) is 0 Å². The number of aromatic nitrogens is 1. The van der Waals surface area contributed by atoms with Crippen molar-refractivity contribution in [2.45, 2.75) is 36.6 Å². The van der Waals surface area contributed by atoms with Gasteiger partial charge in [0.05, 0.1) is 6.20 Å². The van der Waals surface area contributed by atoms with Crippen LogP contribution in [0.15, 0.2) is 49.7 Å². The van der Waals surface area contributed by atoms with Crippen LogP contribution in [0.1, 0.15) is 19.4 Å². The first kappa shape index (κ1) is 13.6. The number of benzene rings is 1. The molecule has 0 aliphatic carbocycles. The minimum absolute atomic E-state index is 0.485. The molecule has 0 saturated heterocycles. The van der Waals surface area contributed by atoms with E-state index in [-0.39, 0.29) is 0 Å². The zero-order valence-corrected chi connectivity index (χ0v) is 12.7. The molecule has 0 spiro atoms. The Kier molecular flexibility index (Phi) is 4.86. The van der Waals surface area contributed by atoms with Gasteiger partial charge in [-0.3, -0.25) is 0 Å². The highest BCUT2D eigenvalue weighted by Crippen LogP contribution is 2.29. The molecule has 2 rings (SSSR count). The first-order chi connectivity index (χ1) is 8.65. The second-order valence-corrected chi connectivity index (χ2v) is 6.07. The van der Waals surface area contributed by atoms with Crippen LogP contribution in [-0.4, -0.2) is 11.0 Å². The molecule has 0 unspecified atom stereocenters. The van der Waals surface area contributed by atoms with Crippen molar-refractivity contribution >= 4 is 27.7 Å². The number of rotatable bonds is 5. The van der Waals surface area contributed by atoms with Crippen molar-refractivity contribution in [3.8, 4) is 0 Å². The highest BCUT2D eigenvalue weighted by atomic mass is 79.9. The highest BCUT2D eigenvalue weighted by molar-refractivity contribution is 9.10. The number of nitrogens with one attached hydrogen (secondary N) is 1. The molecule has 3 nitrogen and oxygen atoms in total. The summed E-state index contributed by atoms with van der Waals surface area (Å²) in [6, 6.07) is 6.77. The summed E-state index contributed by atoms with van der Waals surface area (Å²) in [6.07, 6.45) is 3.23. The maximum atomic E-state index is 5.21. The maximum Gasteiger partial charge on any atom is 0.260 e. The molecule has 0 radical (unpaired) electrons. The molecule has 0 fully saturated rings.